The predicted molar refractivity (Wildman–Crippen MR) is 89.7 cm³/mol. The highest BCUT2D eigenvalue weighted by molar-refractivity contribution is 7.99. The monoisotopic (exact) mass is 301 g/mol. The maximum atomic E-state index is 4.43. The summed E-state index contributed by atoms with van der Waals surface area (Å²) in [6.07, 6.45) is 7.16. The number of para-hydroxylation sites is 1. The molecule has 2 unspecified atom stereocenters. The fraction of sp³-hybridized carbons (Fsp3) is 0.529. The molecule has 1 heterocycles. The van der Waals surface area contributed by atoms with Crippen LogP contribution >= 0.6 is 11.8 Å². The van der Waals surface area contributed by atoms with E-state index in [2.05, 4.69) is 34.3 Å². The maximum Gasteiger partial charge on any atom is 0.117 e. The van der Waals surface area contributed by atoms with Crippen LogP contribution < -0.4 is 5.32 Å². The van der Waals surface area contributed by atoms with Crippen LogP contribution in [0.3, 0.4) is 0 Å². The number of hydrogen-bond donors (Lipinski definition) is 1. The molecule has 0 amide bonds. The molecule has 0 aliphatic heterocycles. The molecule has 1 aromatic carbocycles. The number of benzene rings is 1. The Kier molecular flexibility index (Phi) is 5.09. The Morgan fingerprint density at radius 2 is 2.05 bits per heavy atom. The first-order valence-corrected chi connectivity index (χ1v) is 8.89. The third kappa shape index (κ3) is 3.74. The van der Waals surface area contributed by atoms with Crippen molar-refractivity contribution in [1.82, 2.24) is 15.3 Å². The van der Waals surface area contributed by atoms with Crippen molar-refractivity contribution in [2.24, 2.45) is 5.92 Å². The summed E-state index contributed by atoms with van der Waals surface area (Å²) < 4.78 is 0. The summed E-state index contributed by atoms with van der Waals surface area (Å²) in [5.74, 6) is 1.88. The van der Waals surface area contributed by atoms with Crippen LogP contribution in [-0.4, -0.2) is 28.3 Å². The molecule has 1 fully saturated rings. The fourth-order valence-electron chi connectivity index (χ4n) is 3.11. The van der Waals surface area contributed by atoms with Gasteiger partial charge in [-0.2, -0.15) is 0 Å². The molecule has 0 spiro atoms. The van der Waals surface area contributed by atoms with E-state index in [4.69, 9.17) is 0 Å². The highest BCUT2D eigenvalue weighted by Crippen LogP contribution is 2.25. The standard InChI is InChI=1S/C17H23N3S/c1-13-6-2-4-8-15(13)18-10-11-21-17-14-7-3-5-9-16(14)19-12-20-17/h3,5,7,9,12-13,15,18H,2,4,6,8,10-11H2,1H3. The molecule has 1 aliphatic carbocycles. The van der Waals surface area contributed by atoms with Crippen molar-refractivity contribution in [3.05, 3.63) is 30.6 Å². The Bertz CT molecular complexity index is 582. The Hall–Kier alpha value is -1.13. The number of nitrogens with zero attached hydrogens (tertiary/aromatic N) is 2. The molecule has 1 aliphatic rings. The highest BCUT2D eigenvalue weighted by Gasteiger charge is 2.20. The van der Waals surface area contributed by atoms with E-state index in [9.17, 15) is 0 Å². The van der Waals surface area contributed by atoms with Gasteiger partial charge in [0.15, 0.2) is 0 Å². The van der Waals surface area contributed by atoms with Gasteiger partial charge in [0, 0.05) is 23.7 Å². The van der Waals surface area contributed by atoms with E-state index in [1.807, 2.05) is 23.9 Å². The van der Waals surface area contributed by atoms with E-state index in [-0.39, 0.29) is 0 Å². The molecule has 4 heteroatoms. The number of fused-ring (bicyclic) bond motifs is 1. The van der Waals surface area contributed by atoms with Crippen molar-refractivity contribution >= 4 is 22.7 Å². The van der Waals surface area contributed by atoms with Crippen LogP contribution in [-0.2, 0) is 0 Å². The zero-order valence-corrected chi connectivity index (χ0v) is 13.4. The van der Waals surface area contributed by atoms with E-state index in [0.29, 0.717) is 6.04 Å². The van der Waals surface area contributed by atoms with E-state index < -0.39 is 0 Å². The molecule has 0 radical (unpaired) electrons. The van der Waals surface area contributed by atoms with E-state index >= 15 is 0 Å². The van der Waals surface area contributed by atoms with Gasteiger partial charge in [-0.25, -0.2) is 9.97 Å². The van der Waals surface area contributed by atoms with Crippen LogP contribution in [0.1, 0.15) is 32.6 Å². The second-order valence-corrected chi connectivity index (χ2v) is 6.95. The summed E-state index contributed by atoms with van der Waals surface area (Å²) in [7, 11) is 0. The van der Waals surface area contributed by atoms with Crippen LogP contribution in [0, 0.1) is 5.92 Å². The molecule has 1 saturated carbocycles. The number of hydrogen-bond acceptors (Lipinski definition) is 4. The summed E-state index contributed by atoms with van der Waals surface area (Å²) >= 11 is 1.83. The minimum Gasteiger partial charge on any atom is -0.313 e. The van der Waals surface area contributed by atoms with E-state index in [1.165, 1.54) is 25.7 Å². The van der Waals surface area contributed by atoms with Gasteiger partial charge in [0.2, 0.25) is 0 Å². The van der Waals surface area contributed by atoms with Crippen molar-refractivity contribution in [3.8, 4) is 0 Å². The van der Waals surface area contributed by atoms with Crippen LogP contribution in [0.2, 0.25) is 0 Å². The molecule has 1 aromatic heterocycles. The van der Waals surface area contributed by atoms with Crippen molar-refractivity contribution in [3.63, 3.8) is 0 Å². The summed E-state index contributed by atoms with van der Waals surface area (Å²) in [6, 6.07) is 8.94. The average molecular weight is 301 g/mol. The molecule has 0 saturated heterocycles. The zero-order valence-electron chi connectivity index (χ0n) is 12.6. The minimum absolute atomic E-state index is 0.710. The lowest BCUT2D eigenvalue weighted by molar-refractivity contribution is 0.285. The number of thioether (sulfide) groups is 1. The zero-order chi connectivity index (χ0) is 14.5. The Morgan fingerprint density at radius 3 is 2.95 bits per heavy atom. The highest BCUT2D eigenvalue weighted by atomic mass is 32.2. The topological polar surface area (TPSA) is 37.8 Å². The lowest BCUT2D eigenvalue weighted by Gasteiger charge is -2.29. The quantitative estimate of drug-likeness (QED) is 0.516. The predicted octanol–water partition coefficient (Wildman–Crippen LogP) is 3.89. The molecule has 21 heavy (non-hydrogen) atoms. The Morgan fingerprint density at radius 1 is 1.19 bits per heavy atom. The Balaban J connectivity index is 1.52. The Labute approximate surface area is 131 Å². The lowest BCUT2D eigenvalue weighted by Crippen LogP contribution is -2.38. The van der Waals surface area contributed by atoms with Crippen molar-refractivity contribution in [1.29, 1.82) is 0 Å². The van der Waals surface area contributed by atoms with Crippen LogP contribution in [0.4, 0.5) is 0 Å². The normalized spacial score (nSPS) is 22.5. The molecule has 0 bridgehead atoms. The minimum atomic E-state index is 0.710. The first-order chi connectivity index (χ1) is 10.3. The lowest BCUT2D eigenvalue weighted by atomic mass is 9.86. The summed E-state index contributed by atoms with van der Waals surface area (Å²) in [5.41, 5.74) is 1.03. The molecule has 112 valence electrons. The SMILES string of the molecule is CC1CCCCC1NCCSc1ncnc2ccccc12. The van der Waals surface area contributed by atoms with Gasteiger partial charge in [-0.1, -0.05) is 38.0 Å². The van der Waals surface area contributed by atoms with E-state index in [0.717, 1.165) is 34.1 Å². The van der Waals surface area contributed by atoms with Crippen molar-refractivity contribution in [2.75, 3.05) is 12.3 Å². The second-order valence-electron chi connectivity index (χ2n) is 5.87. The van der Waals surface area contributed by atoms with Crippen molar-refractivity contribution in [2.45, 2.75) is 43.7 Å². The fourth-order valence-corrected chi connectivity index (χ4v) is 3.97. The van der Waals surface area contributed by atoms with Gasteiger partial charge in [0.05, 0.1) is 5.52 Å². The smallest absolute Gasteiger partial charge is 0.117 e. The van der Waals surface area contributed by atoms with Crippen molar-refractivity contribution < 1.29 is 0 Å². The third-order valence-electron chi connectivity index (χ3n) is 4.37. The van der Waals surface area contributed by atoms with Crippen LogP contribution in [0.5, 0.6) is 0 Å². The van der Waals surface area contributed by atoms with Crippen LogP contribution in [0.15, 0.2) is 35.6 Å². The average Bonchev–Trinajstić information content (AvgIpc) is 2.53. The first kappa shape index (κ1) is 14.8. The maximum absolute atomic E-state index is 4.43. The molecule has 3 rings (SSSR count). The molecule has 2 aromatic rings. The van der Waals surface area contributed by atoms with Gasteiger partial charge in [0.25, 0.3) is 0 Å². The summed E-state index contributed by atoms with van der Waals surface area (Å²) in [5, 5.41) is 5.98. The van der Waals surface area contributed by atoms with Gasteiger partial charge in [-0.05, 0) is 24.8 Å². The van der Waals surface area contributed by atoms with Gasteiger partial charge in [-0.3, -0.25) is 0 Å². The second kappa shape index (κ2) is 7.23. The molecular formula is C17H23N3S. The number of rotatable bonds is 5. The van der Waals surface area contributed by atoms with Crippen LogP contribution in [0.25, 0.3) is 10.9 Å². The van der Waals surface area contributed by atoms with Gasteiger partial charge >= 0.3 is 0 Å². The first-order valence-electron chi connectivity index (χ1n) is 7.90. The number of nitrogens with one attached hydrogen (secondary N) is 1. The molecular weight excluding hydrogens is 278 g/mol. The third-order valence-corrected chi connectivity index (χ3v) is 5.37. The summed E-state index contributed by atoms with van der Waals surface area (Å²) in [4.78, 5) is 8.74. The molecule has 1 N–H and O–H groups in total. The summed E-state index contributed by atoms with van der Waals surface area (Å²) in [6.45, 7) is 3.43. The van der Waals surface area contributed by atoms with Gasteiger partial charge in [-0.15, -0.1) is 11.8 Å². The largest absolute Gasteiger partial charge is 0.313 e. The van der Waals surface area contributed by atoms with Gasteiger partial charge in [0.1, 0.15) is 11.4 Å². The molecule has 3 nitrogen and oxygen atoms in total. The van der Waals surface area contributed by atoms with Gasteiger partial charge < -0.3 is 5.32 Å². The van der Waals surface area contributed by atoms with E-state index in [1.54, 1.807) is 6.33 Å². The number of aromatic nitrogens is 2. The molecule has 2 atom stereocenters.